The molecule has 0 aromatic carbocycles. The molecule has 1 aliphatic rings. The first-order valence-corrected chi connectivity index (χ1v) is 6.83. The predicted octanol–water partition coefficient (Wildman–Crippen LogP) is 3.36. The molecule has 1 heterocycles. The van der Waals surface area contributed by atoms with Crippen molar-refractivity contribution in [2.75, 3.05) is 13.1 Å². The lowest BCUT2D eigenvalue weighted by Gasteiger charge is -2.45. The van der Waals surface area contributed by atoms with E-state index in [1.54, 1.807) is 0 Å². The van der Waals surface area contributed by atoms with Crippen LogP contribution < -0.4 is 0 Å². The Hall–Kier alpha value is -0.370. The van der Waals surface area contributed by atoms with Crippen LogP contribution in [0.2, 0.25) is 0 Å². The maximum absolute atomic E-state index is 12.5. The van der Waals surface area contributed by atoms with Gasteiger partial charge in [-0.1, -0.05) is 27.7 Å². The second kappa shape index (κ2) is 4.72. The van der Waals surface area contributed by atoms with E-state index >= 15 is 0 Å². The van der Waals surface area contributed by atoms with Crippen molar-refractivity contribution in [2.24, 2.45) is 17.3 Å². The maximum Gasteiger partial charge on any atom is 0.142 e. The van der Waals surface area contributed by atoms with Gasteiger partial charge in [-0.05, 0) is 39.7 Å². The van der Waals surface area contributed by atoms with Crippen molar-refractivity contribution in [2.45, 2.75) is 60.4 Å². The monoisotopic (exact) mass is 239 g/mol. The van der Waals surface area contributed by atoms with Crippen molar-refractivity contribution in [1.82, 2.24) is 4.90 Å². The van der Waals surface area contributed by atoms with E-state index in [0.29, 0.717) is 11.7 Å². The van der Waals surface area contributed by atoms with E-state index in [2.05, 4.69) is 32.6 Å². The smallest absolute Gasteiger partial charge is 0.142 e. The molecule has 1 aliphatic heterocycles. The number of rotatable bonds is 1. The van der Waals surface area contributed by atoms with Crippen molar-refractivity contribution >= 4 is 5.78 Å². The highest BCUT2D eigenvalue weighted by Gasteiger charge is 2.39. The first kappa shape index (κ1) is 14.7. The molecule has 0 amide bonds. The molecule has 1 rings (SSSR count). The fourth-order valence-electron chi connectivity index (χ4n) is 2.58. The second-order valence-electron chi connectivity index (χ2n) is 7.60. The summed E-state index contributed by atoms with van der Waals surface area (Å²) in [5.41, 5.74) is -0.0314. The van der Waals surface area contributed by atoms with E-state index in [1.165, 1.54) is 0 Å². The minimum absolute atomic E-state index is 0.177. The first-order chi connectivity index (χ1) is 7.53. The molecule has 0 aromatic rings. The molecule has 0 bridgehead atoms. The summed E-state index contributed by atoms with van der Waals surface area (Å²) in [6, 6.07) is 0. The molecular weight excluding hydrogens is 210 g/mol. The third-order valence-corrected chi connectivity index (χ3v) is 3.98. The Balaban J connectivity index is 2.81. The lowest BCUT2D eigenvalue weighted by molar-refractivity contribution is -0.135. The highest BCUT2D eigenvalue weighted by Crippen LogP contribution is 2.33. The molecule has 0 aliphatic carbocycles. The summed E-state index contributed by atoms with van der Waals surface area (Å²) >= 11 is 0. The van der Waals surface area contributed by atoms with Crippen molar-refractivity contribution < 1.29 is 4.79 Å². The molecule has 1 fully saturated rings. The molecule has 17 heavy (non-hydrogen) atoms. The molecule has 100 valence electrons. The highest BCUT2D eigenvalue weighted by atomic mass is 16.1. The van der Waals surface area contributed by atoms with Gasteiger partial charge in [0.2, 0.25) is 0 Å². The van der Waals surface area contributed by atoms with E-state index in [1.807, 2.05) is 20.8 Å². The predicted molar refractivity (Wildman–Crippen MR) is 73.1 cm³/mol. The Morgan fingerprint density at radius 3 is 2.06 bits per heavy atom. The van der Waals surface area contributed by atoms with Crippen molar-refractivity contribution in [3.8, 4) is 0 Å². The van der Waals surface area contributed by atoms with Gasteiger partial charge < -0.3 is 0 Å². The van der Waals surface area contributed by atoms with Gasteiger partial charge in [0.25, 0.3) is 0 Å². The molecule has 0 saturated carbocycles. The summed E-state index contributed by atoms with van der Waals surface area (Å²) in [5.74, 6) is 1.17. The van der Waals surface area contributed by atoms with Crippen LogP contribution in [0.15, 0.2) is 0 Å². The van der Waals surface area contributed by atoms with Gasteiger partial charge in [0.05, 0.1) is 0 Å². The zero-order valence-corrected chi connectivity index (χ0v) is 12.6. The zero-order chi connectivity index (χ0) is 13.4. The van der Waals surface area contributed by atoms with Gasteiger partial charge in [-0.2, -0.15) is 0 Å². The van der Waals surface area contributed by atoms with Gasteiger partial charge in [-0.15, -0.1) is 0 Å². The van der Waals surface area contributed by atoms with Gasteiger partial charge in [-0.25, -0.2) is 0 Å². The summed E-state index contributed by atoms with van der Waals surface area (Å²) in [7, 11) is 0. The number of Topliss-reactive ketones (excluding diaryl/α,β-unsaturated/α-hetero) is 1. The standard InChI is InChI=1S/C15H29NO/c1-11-8-9-16(15(5,6)7)10-12(11)13(17)14(2,3)4/h11-12H,8-10H2,1-7H3. The molecule has 1 saturated heterocycles. The molecule has 2 nitrogen and oxygen atoms in total. The Kier molecular flexibility index (Phi) is 4.08. The molecule has 0 spiro atoms. The SMILES string of the molecule is CC1CCN(C(C)(C)C)CC1C(=O)C(C)(C)C. The van der Waals surface area contributed by atoms with Crippen LogP contribution in [0.1, 0.15) is 54.9 Å². The second-order valence-corrected chi connectivity index (χ2v) is 7.60. The zero-order valence-electron chi connectivity index (χ0n) is 12.6. The number of ketones is 1. The van der Waals surface area contributed by atoms with E-state index in [-0.39, 0.29) is 16.9 Å². The van der Waals surface area contributed by atoms with E-state index < -0.39 is 0 Å². The van der Waals surface area contributed by atoms with Gasteiger partial charge in [0.15, 0.2) is 0 Å². The van der Waals surface area contributed by atoms with E-state index in [9.17, 15) is 4.79 Å². The van der Waals surface area contributed by atoms with Gasteiger partial charge in [-0.3, -0.25) is 9.69 Å². The van der Waals surface area contributed by atoms with Gasteiger partial charge >= 0.3 is 0 Å². The summed E-state index contributed by atoms with van der Waals surface area (Å²) in [6.07, 6.45) is 1.14. The summed E-state index contributed by atoms with van der Waals surface area (Å²) < 4.78 is 0. The Bertz CT molecular complexity index is 282. The number of nitrogens with zero attached hydrogens (tertiary/aromatic N) is 1. The van der Waals surface area contributed by atoms with Crippen LogP contribution in [0.3, 0.4) is 0 Å². The lowest BCUT2D eigenvalue weighted by Crippen LogP contribution is -2.52. The van der Waals surface area contributed by atoms with Crippen molar-refractivity contribution in [3.63, 3.8) is 0 Å². The third-order valence-electron chi connectivity index (χ3n) is 3.98. The third kappa shape index (κ3) is 3.54. The fraction of sp³-hybridized carbons (Fsp3) is 0.933. The minimum atomic E-state index is -0.209. The summed E-state index contributed by atoms with van der Waals surface area (Å²) in [4.78, 5) is 14.9. The van der Waals surface area contributed by atoms with Crippen molar-refractivity contribution in [3.05, 3.63) is 0 Å². The molecule has 0 radical (unpaired) electrons. The van der Waals surface area contributed by atoms with Gasteiger partial charge in [0.1, 0.15) is 5.78 Å². The van der Waals surface area contributed by atoms with Crippen molar-refractivity contribution in [1.29, 1.82) is 0 Å². The Morgan fingerprint density at radius 1 is 1.12 bits per heavy atom. The van der Waals surface area contributed by atoms with Crippen LogP contribution in [-0.2, 0) is 4.79 Å². The lowest BCUT2D eigenvalue weighted by atomic mass is 9.74. The van der Waals surface area contributed by atoms with E-state index in [0.717, 1.165) is 19.5 Å². The summed E-state index contributed by atoms with van der Waals surface area (Å²) in [6.45, 7) is 17.1. The van der Waals surface area contributed by atoms with Crippen LogP contribution in [-0.4, -0.2) is 29.3 Å². The number of piperidine rings is 1. The topological polar surface area (TPSA) is 20.3 Å². The van der Waals surface area contributed by atoms with E-state index in [4.69, 9.17) is 0 Å². The number of likely N-dealkylation sites (tertiary alicyclic amines) is 1. The highest BCUT2D eigenvalue weighted by molar-refractivity contribution is 5.86. The Morgan fingerprint density at radius 2 is 1.65 bits per heavy atom. The molecule has 0 N–H and O–H groups in total. The quantitative estimate of drug-likeness (QED) is 0.699. The normalized spacial score (nSPS) is 28.2. The molecule has 2 atom stereocenters. The van der Waals surface area contributed by atoms with Crippen LogP contribution in [0.25, 0.3) is 0 Å². The number of carbonyl (C=O) groups excluding carboxylic acids is 1. The average molecular weight is 239 g/mol. The average Bonchev–Trinajstić information content (AvgIpc) is 2.14. The molecule has 2 heteroatoms. The number of carbonyl (C=O) groups is 1. The number of hydrogen-bond donors (Lipinski definition) is 0. The molecular formula is C15H29NO. The number of hydrogen-bond acceptors (Lipinski definition) is 2. The first-order valence-electron chi connectivity index (χ1n) is 6.83. The fourth-order valence-corrected chi connectivity index (χ4v) is 2.58. The Labute approximate surface area is 107 Å². The maximum atomic E-state index is 12.5. The molecule has 0 aromatic heterocycles. The van der Waals surface area contributed by atoms with Crippen LogP contribution in [0.4, 0.5) is 0 Å². The van der Waals surface area contributed by atoms with Crippen LogP contribution >= 0.6 is 0 Å². The summed E-state index contributed by atoms with van der Waals surface area (Å²) in [5, 5.41) is 0. The van der Waals surface area contributed by atoms with Gasteiger partial charge in [0, 0.05) is 23.4 Å². The van der Waals surface area contributed by atoms with Crippen LogP contribution in [0, 0.1) is 17.3 Å². The minimum Gasteiger partial charge on any atom is -0.299 e. The van der Waals surface area contributed by atoms with Crippen LogP contribution in [0.5, 0.6) is 0 Å². The molecule has 2 unspecified atom stereocenters. The largest absolute Gasteiger partial charge is 0.299 e.